The molecule has 3 heteroatoms. The number of carbonyl (C=O) groups is 1. The molecule has 0 radical (unpaired) electrons. The minimum absolute atomic E-state index is 0.140. The summed E-state index contributed by atoms with van der Waals surface area (Å²) in [5, 5.41) is 3.22. The molecule has 1 heterocycles. The molecule has 1 aromatic rings. The highest BCUT2D eigenvalue weighted by atomic mass is 16.1. The second-order valence-corrected chi connectivity index (χ2v) is 3.84. The van der Waals surface area contributed by atoms with Gasteiger partial charge in [0.25, 0.3) is 0 Å². The second-order valence-electron chi connectivity index (χ2n) is 3.84. The number of anilines is 1. The van der Waals surface area contributed by atoms with Crippen molar-refractivity contribution in [2.75, 3.05) is 5.73 Å². The number of rotatable bonds is 2. The van der Waals surface area contributed by atoms with E-state index >= 15 is 0 Å². The Kier molecular flexibility index (Phi) is 2.56. The lowest BCUT2D eigenvalue weighted by atomic mass is 10.0. The average molecular weight is 202 g/mol. The Morgan fingerprint density at radius 2 is 2.00 bits per heavy atom. The van der Waals surface area contributed by atoms with E-state index in [1.807, 2.05) is 37.3 Å². The third kappa shape index (κ3) is 1.92. The van der Waals surface area contributed by atoms with E-state index in [0.29, 0.717) is 0 Å². The van der Waals surface area contributed by atoms with Gasteiger partial charge < -0.3 is 10.5 Å². The van der Waals surface area contributed by atoms with Gasteiger partial charge >= 0.3 is 0 Å². The van der Waals surface area contributed by atoms with Crippen LogP contribution in [-0.2, 0) is 4.79 Å². The van der Waals surface area contributed by atoms with Crippen LogP contribution in [0.5, 0.6) is 0 Å². The smallest absolute Gasteiger partial charge is 0.140 e. The van der Waals surface area contributed by atoms with Gasteiger partial charge in [-0.25, -0.2) is 0 Å². The zero-order chi connectivity index (χ0) is 10.8. The topological polar surface area (TPSA) is 55.1 Å². The van der Waals surface area contributed by atoms with E-state index in [2.05, 4.69) is 5.32 Å². The summed E-state index contributed by atoms with van der Waals surface area (Å²) < 4.78 is 0. The van der Waals surface area contributed by atoms with Gasteiger partial charge in [-0.1, -0.05) is 23.8 Å². The SMILES string of the molecule is CC1=CC(C=O)NC1c1ccc(N)cc1. The molecule has 0 saturated carbocycles. The highest BCUT2D eigenvalue weighted by Crippen LogP contribution is 2.27. The summed E-state index contributed by atoms with van der Waals surface area (Å²) in [5.74, 6) is 0. The van der Waals surface area contributed by atoms with E-state index < -0.39 is 0 Å². The maximum absolute atomic E-state index is 10.7. The minimum atomic E-state index is -0.160. The molecule has 1 aliphatic rings. The standard InChI is InChI=1S/C12H14N2O/c1-8-6-11(7-15)14-12(8)9-2-4-10(13)5-3-9/h2-7,11-12,14H,13H2,1H3. The van der Waals surface area contributed by atoms with E-state index in [-0.39, 0.29) is 12.1 Å². The summed E-state index contributed by atoms with van der Waals surface area (Å²) in [4.78, 5) is 10.7. The minimum Gasteiger partial charge on any atom is -0.399 e. The molecule has 3 nitrogen and oxygen atoms in total. The quantitative estimate of drug-likeness (QED) is 0.433. The Labute approximate surface area is 89.0 Å². The zero-order valence-corrected chi connectivity index (χ0v) is 8.60. The first-order valence-electron chi connectivity index (χ1n) is 4.96. The van der Waals surface area contributed by atoms with Gasteiger partial charge in [0.1, 0.15) is 6.29 Å². The Morgan fingerprint density at radius 3 is 2.53 bits per heavy atom. The van der Waals surface area contributed by atoms with Crippen LogP contribution in [0.25, 0.3) is 0 Å². The number of aldehydes is 1. The first-order chi connectivity index (χ1) is 7.20. The molecular formula is C12H14N2O. The lowest BCUT2D eigenvalue weighted by Gasteiger charge is -2.14. The number of benzene rings is 1. The third-order valence-electron chi connectivity index (χ3n) is 2.67. The van der Waals surface area contributed by atoms with Gasteiger partial charge in [-0.3, -0.25) is 5.32 Å². The average Bonchev–Trinajstić information content (AvgIpc) is 2.61. The van der Waals surface area contributed by atoms with Gasteiger partial charge in [-0.15, -0.1) is 0 Å². The number of nitrogen functional groups attached to an aromatic ring is 1. The summed E-state index contributed by atoms with van der Waals surface area (Å²) in [7, 11) is 0. The van der Waals surface area contributed by atoms with Crippen LogP contribution in [0.2, 0.25) is 0 Å². The van der Waals surface area contributed by atoms with Crippen molar-refractivity contribution >= 4 is 12.0 Å². The number of nitrogens with two attached hydrogens (primary N) is 1. The molecule has 78 valence electrons. The van der Waals surface area contributed by atoms with E-state index in [1.165, 1.54) is 5.57 Å². The Bertz CT molecular complexity index is 395. The molecule has 0 spiro atoms. The van der Waals surface area contributed by atoms with Crippen LogP contribution >= 0.6 is 0 Å². The van der Waals surface area contributed by atoms with Gasteiger partial charge in [0, 0.05) is 5.69 Å². The number of hydrogen-bond donors (Lipinski definition) is 2. The van der Waals surface area contributed by atoms with Gasteiger partial charge in [0.05, 0.1) is 12.1 Å². The van der Waals surface area contributed by atoms with E-state index in [0.717, 1.165) is 17.5 Å². The second kappa shape index (κ2) is 3.87. The van der Waals surface area contributed by atoms with Gasteiger partial charge in [-0.05, 0) is 24.6 Å². The van der Waals surface area contributed by atoms with Crippen molar-refractivity contribution in [1.82, 2.24) is 5.32 Å². The predicted molar refractivity (Wildman–Crippen MR) is 60.3 cm³/mol. The van der Waals surface area contributed by atoms with Crippen molar-refractivity contribution in [1.29, 1.82) is 0 Å². The molecule has 0 saturated heterocycles. The molecular weight excluding hydrogens is 188 g/mol. The normalized spacial score (nSPS) is 25.0. The maximum atomic E-state index is 10.7. The van der Waals surface area contributed by atoms with Crippen molar-refractivity contribution in [2.45, 2.75) is 19.0 Å². The first-order valence-corrected chi connectivity index (χ1v) is 4.96. The molecule has 2 atom stereocenters. The monoisotopic (exact) mass is 202 g/mol. The summed E-state index contributed by atoms with van der Waals surface area (Å²) in [5.41, 5.74) is 8.70. The lowest BCUT2D eigenvalue weighted by molar-refractivity contribution is -0.108. The predicted octanol–water partition coefficient (Wildman–Crippen LogP) is 1.43. The number of carbonyl (C=O) groups excluding carboxylic acids is 1. The van der Waals surface area contributed by atoms with Crippen molar-refractivity contribution < 1.29 is 4.79 Å². The summed E-state index contributed by atoms with van der Waals surface area (Å²) in [6, 6.07) is 7.69. The zero-order valence-electron chi connectivity index (χ0n) is 8.60. The fourth-order valence-electron chi connectivity index (χ4n) is 1.88. The highest BCUT2D eigenvalue weighted by molar-refractivity contribution is 5.63. The Balaban J connectivity index is 2.23. The molecule has 2 rings (SSSR count). The molecule has 0 amide bonds. The third-order valence-corrected chi connectivity index (χ3v) is 2.67. The fourth-order valence-corrected chi connectivity index (χ4v) is 1.88. The molecule has 0 aromatic heterocycles. The van der Waals surface area contributed by atoms with Crippen molar-refractivity contribution in [3.63, 3.8) is 0 Å². The molecule has 15 heavy (non-hydrogen) atoms. The van der Waals surface area contributed by atoms with Crippen molar-refractivity contribution in [3.05, 3.63) is 41.5 Å². The number of hydrogen-bond acceptors (Lipinski definition) is 3. The summed E-state index contributed by atoms with van der Waals surface area (Å²) in [6.07, 6.45) is 2.87. The molecule has 1 aliphatic heterocycles. The van der Waals surface area contributed by atoms with Crippen LogP contribution in [0.3, 0.4) is 0 Å². The lowest BCUT2D eigenvalue weighted by Crippen LogP contribution is -2.26. The van der Waals surface area contributed by atoms with E-state index in [4.69, 9.17) is 5.73 Å². The Hall–Kier alpha value is -1.61. The molecule has 0 aliphatic carbocycles. The molecule has 2 unspecified atom stereocenters. The van der Waals surface area contributed by atoms with Crippen molar-refractivity contribution in [3.8, 4) is 0 Å². The van der Waals surface area contributed by atoms with Gasteiger partial charge in [0.2, 0.25) is 0 Å². The van der Waals surface area contributed by atoms with Gasteiger partial charge in [-0.2, -0.15) is 0 Å². The number of nitrogens with one attached hydrogen (secondary N) is 1. The first kappa shape index (κ1) is 9.93. The van der Waals surface area contributed by atoms with Crippen LogP contribution in [-0.4, -0.2) is 12.3 Å². The van der Waals surface area contributed by atoms with Crippen LogP contribution in [0.4, 0.5) is 5.69 Å². The summed E-state index contributed by atoms with van der Waals surface area (Å²) >= 11 is 0. The van der Waals surface area contributed by atoms with Crippen molar-refractivity contribution in [2.24, 2.45) is 0 Å². The van der Waals surface area contributed by atoms with Crippen LogP contribution in [0, 0.1) is 0 Å². The van der Waals surface area contributed by atoms with Crippen LogP contribution in [0.15, 0.2) is 35.9 Å². The van der Waals surface area contributed by atoms with E-state index in [9.17, 15) is 4.79 Å². The molecule has 1 aromatic carbocycles. The van der Waals surface area contributed by atoms with Crippen LogP contribution < -0.4 is 11.1 Å². The largest absolute Gasteiger partial charge is 0.399 e. The van der Waals surface area contributed by atoms with E-state index in [1.54, 1.807) is 0 Å². The molecule has 3 N–H and O–H groups in total. The molecule has 0 fully saturated rings. The highest BCUT2D eigenvalue weighted by Gasteiger charge is 2.23. The Morgan fingerprint density at radius 1 is 1.33 bits per heavy atom. The molecule has 0 bridgehead atoms. The van der Waals surface area contributed by atoms with Crippen LogP contribution in [0.1, 0.15) is 18.5 Å². The summed E-state index contributed by atoms with van der Waals surface area (Å²) in [6.45, 7) is 2.03. The van der Waals surface area contributed by atoms with Gasteiger partial charge in [0.15, 0.2) is 0 Å². The fraction of sp³-hybridized carbons (Fsp3) is 0.250. The maximum Gasteiger partial charge on any atom is 0.140 e.